The number of nitroso groups, excluding NO2 is 1. The summed E-state index contributed by atoms with van der Waals surface area (Å²) >= 11 is 3.46. The molecule has 0 atom stereocenters. The molecule has 0 saturated heterocycles. The van der Waals surface area contributed by atoms with Crippen LogP contribution >= 0.6 is 15.9 Å². The summed E-state index contributed by atoms with van der Waals surface area (Å²) in [5.74, 6) is 0. The van der Waals surface area contributed by atoms with Crippen LogP contribution in [-0.2, 0) is 0 Å². The van der Waals surface area contributed by atoms with E-state index < -0.39 is 0 Å². The summed E-state index contributed by atoms with van der Waals surface area (Å²) in [6, 6.07) is 11.2. The van der Waals surface area contributed by atoms with Gasteiger partial charge >= 0.3 is 0 Å². The molecule has 2 rings (SSSR count). The minimum atomic E-state index is 0.402. The first-order valence-corrected chi connectivity index (χ1v) is 6.64. The summed E-state index contributed by atoms with van der Waals surface area (Å²) in [4.78, 5) is 15.2. The summed E-state index contributed by atoms with van der Waals surface area (Å²) in [6.07, 6.45) is 1.68. The van der Waals surface area contributed by atoms with Crippen molar-refractivity contribution >= 4 is 33.5 Å². The average molecular weight is 317 g/mol. The molecule has 0 aliphatic rings. The maximum atomic E-state index is 10.7. The minimum absolute atomic E-state index is 0.402. The smallest absolute Gasteiger partial charge is 0.116 e. The monoisotopic (exact) mass is 316 g/mol. The molecule has 0 aliphatic carbocycles. The van der Waals surface area contributed by atoms with Gasteiger partial charge in [0.1, 0.15) is 5.69 Å². The highest BCUT2D eigenvalue weighted by Gasteiger charge is 2.03. The molecule has 0 bridgehead atoms. The zero-order chi connectivity index (χ0) is 13.8. The second-order valence-corrected chi connectivity index (χ2v) is 5.21. The van der Waals surface area contributed by atoms with E-state index in [-0.39, 0.29) is 0 Å². The van der Waals surface area contributed by atoms with E-state index >= 15 is 0 Å². The quantitative estimate of drug-likeness (QED) is 0.565. The number of nitrogens with zero attached hydrogens (tertiary/aromatic N) is 2. The third-order valence-corrected chi connectivity index (χ3v) is 3.28. The standard InChI is InChI=1S/C15H13BrN2O/c1-10-7-13(16)8-11(2)15(10)17-9-12-5-3-4-6-14(12)18-19/h3-9H,1-2H3/b17-9+. The summed E-state index contributed by atoms with van der Waals surface area (Å²) < 4.78 is 1.04. The molecule has 0 aliphatic heterocycles. The van der Waals surface area contributed by atoms with Crippen LogP contribution in [-0.4, -0.2) is 6.21 Å². The Morgan fingerprint density at radius 1 is 1.11 bits per heavy atom. The summed E-state index contributed by atoms with van der Waals surface area (Å²) in [7, 11) is 0. The van der Waals surface area contributed by atoms with Crippen molar-refractivity contribution in [2.45, 2.75) is 13.8 Å². The Morgan fingerprint density at radius 3 is 2.37 bits per heavy atom. The predicted octanol–water partition coefficient (Wildman–Crippen LogP) is 5.21. The normalized spacial score (nSPS) is 10.9. The van der Waals surface area contributed by atoms with E-state index in [1.807, 2.05) is 38.1 Å². The van der Waals surface area contributed by atoms with E-state index in [2.05, 4.69) is 26.1 Å². The van der Waals surface area contributed by atoms with Crippen molar-refractivity contribution in [2.75, 3.05) is 0 Å². The Kier molecular flexibility index (Phi) is 4.22. The first-order valence-electron chi connectivity index (χ1n) is 5.85. The van der Waals surface area contributed by atoms with Crippen LogP contribution in [0.15, 0.2) is 51.0 Å². The first kappa shape index (κ1) is 13.6. The summed E-state index contributed by atoms with van der Waals surface area (Å²) in [5.41, 5.74) is 4.21. The zero-order valence-corrected chi connectivity index (χ0v) is 12.3. The van der Waals surface area contributed by atoms with Crippen LogP contribution in [0.1, 0.15) is 16.7 Å². The van der Waals surface area contributed by atoms with E-state index in [4.69, 9.17) is 0 Å². The van der Waals surface area contributed by atoms with Gasteiger partial charge in [0.25, 0.3) is 0 Å². The molecule has 0 fully saturated rings. The molecule has 0 spiro atoms. The SMILES string of the molecule is Cc1cc(Br)cc(C)c1/N=C/c1ccccc1N=O. The number of benzene rings is 2. The zero-order valence-electron chi connectivity index (χ0n) is 10.7. The molecule has 0 amide bonds. The Morgan fingerprint density at radius 2 is 1.74 bits per heavy atom. The minimum Gasteiger partial charge on any atom is -0.256 e. The molecule has 0 radical (unpaired) electrons. The highest BCUT2D eigenvalue weighted by atomic mass is 79.9. The lowest BCUT2D eigenvalue weighted by Crippen LogP contribution is -1.85. The van der Waals surface area contributed by atoms with Crippen molar-refractivity contribution in [1.82, 2.24) is 0 Å². The third kappa shape index (κ3) is 3.15. The second-order valence-electron chi connectivity index (χ2n) is 4.30. The lowest BCUT2D eigenvalue weighted by molar-refractivity contribution is 1.32. The number of aliphatic imine (C=N–C) groups is 1. The van der Waals surface area contributed by atoms with Crippen LogP contribution in [0.25, 0.3) is 0 Å². The van der Waals surface area contributed by atoms with E-state index in [9.17, 15) is 4.91 Å². The van der Waals surface area contributed by atoms with E-state index in [1.54, 1.807) is 18.3 Å². The molecule has 3 nitrogen and oxygen atoms in total. The van der Waals surface area contributed by atoms with Gasteiger partial charge in [-0.1, -0.05) is 34.1 Å². The number of hydrogen-bond acceptors (Lipinski definition) is 3. The molecule has 4 heteroatoms. The molecule has 0 aromatic heterocycles. The van der Waals surface area contributed by atoms with Gasteiger partial charge in [-0.15, -0.1) is 4.91 Å². The van der Waals surface area contributed by atoms with Gasteiger partial charge in [-0.25, -0.2) is 0 Å². The van der Waals surface area contributed by atoms with E-state index in [0.29, 0.717) is 5.69 Å². The van der Waals surface area contributed by atoms with Crippen LogP contribution in [0, 0.1) is 18.8 Å². The Labute approximate surface area is 120 Å². The largest absolute Gasteiger partial charge is 0.256 e. The Bertz CT molecular complexity index is 627. The number of rotatable bonds is 3. The number of halogens is 1. The predicted molar refractivity (Wildman–Crippen MR) is 82.8 cm³/mol. The molecule has 19 heavy (non-hydrogen) atoms. The average Bonchev–Trinajstić information content (AvgIpc) is 2.38. The molecule has 2 aromatic carbocycles. The number of aryl methyl sites for hydroxylation is 2. The van der Waals surface area contributed by atoms with Gasteiger partial charge in [0.05, 0.1) is 5.69 Å². The van der Waals surface area contributed by atoms with Crippen LogP contribution in [0.4, 0.5) is 11.4 Å². The van der Waals surface area contributed by atoms with Gasteiger partial charge in [-0.3, -0.25) is 4.99 Å². The van der Waals surface area contributed by atoms with Gasteiger partial charge < -0.3 is 0 Å². The fourth-order valence-corrected chi connectivity index (χ4v) is 2.61. The summed E-state index contributed by atoms with van der Waals surface area (Å²) in [5, 5.41) is 2.99. The van der Waals surface area contributed by atoms with Crippen LogP contribution < -0.4 is 0 Å². The molecular weight excluding hydrogens is 304 g/mol. The maximum Gasteiger partial charge on any atom is 0.116 e. The van der Waals surface area contributed by atoms with Gasteiger partial charge in [0.2, 0.25) is 0 Å². The molecule has 0 saturated carbocycles. The van der Waals surface area contributed by atoms with Crippen LogP contribution in [0.5, 0.6) is 0 Å². The van der Waals surface area contributed by atoms with Crippen molar-refractivity contribution < 1.29 is 0 Å². The highest BCUT2D eigenvalue weighted by molar-refractivity contribution is 9.10. The summed E-state index contributed by atoms with van der Waals surface area (Å²) in [6.45, 7) is 4.02. The Hall–Kier alpha value is -1.81. The molecular formula is C15H13BrN2O. The van der Waals surface area contributed by atoms with Crippen molar-refractivity contribution in [3.05, 3.63) is 62.5 Å². The lowest BCUT2D eigenvalue weighted by Gasteiger charge is -2.05. The van der Waals surface area contributed by atoms with Crippen molar-refractivity contribution in [3.8, 4) is 0 Å². The van der Waals surface area contributed by atoms with Crippen molar-refractivity contribution in [1.29, 1.82) is 0 Å². The lowest BCUT2D eigenvalue weighted by atomic mass is 10.1. The molecule has 2 aromatic rings. The van der Waals surface area contributed by atoms with E-state index in [1.165, 1.54) is 0 Å². The maximum absolute atomic E-state index is 10.7. The highest BCUT2D eigenvalue weighted by Crippen LogP contribution is 2.28. The molecule has 0 N–H and O–H groups in total. The molecule has 96 valence electrons. The first-order chi connectivity index (χ1) is 9.11. The molecule has 0 unspecified atom stereocenters. The van der Waals surface area contributed by atoms with Crippen LogP contribution in [0.2, 0.25) is 0 Å². The van der Waals surface area contributed by atoms with Gasteiger partial charge in [0, 0.05) is 16.3 Å². The van der Waals surface area contributed by atoms with E-state index in [0.717, 1.165) is 26.9 Å². The fraction of sp³-hybridized carbons (Fsp3) is 0.133. The van der Waals surface area contributed by atoms with Crippen molar-refractivity contribution in [3.63, 3.8) is 0 Å². The van der Waals surface area contributed by atoms with Crippen LogP contribution in [0.3, 0.4) is 0 Å². The third-order valence-electron chi connectivity index (χ3n) is 2.82. The van der Waals surface area contributed by atoms with Gasteiger partial charge in [-0.2, -0.15) is 0 Å². The topological polar surface area (TPSA) is 41.8 Å². The van der Waals surface area contributed by atoms with Crippen molar-refractivity contribution in [2.24, 2.45) is 10.2 Å². The van der Waals surface area contributed by atoms with Gasteiger partial charge in [0.15, 0.2) is 0 Å². The number of hydrogen-bond donors (Lipinski definition) is 0. The fourth-order valence-electron chi connectivity index (χ4n) is 1.92. The molecule has 0 heterocycles. The Balaban J connectivity index is 2.41. The van der Waals surface area contributed by atoms with Gasteiger partial charge in [-0.05, 0) is 48.4 Å². The second kappa shape index (κ2) is 5.89.